The second kappa shape index (κ2) is 5.01. The van der Waals surface area contributed by atoms with Gasteiger partial charge < -0.3 is 0 Å². The Bertz CT molecular complexity index is 320. The van der Waals surface area contributed by atoms with Crippen molar-refractivity contribution in [2.75, 3.05) is 0 Å². The minimum Gasteiger partial charge on any atom is -0.271 e. The van der Waals surface area contributed by atoms with E-state index in [0.29, 0.717) is 6.54 Å². The Morgan fingerprint density at radius 3 is 2.53 bits per heavy atom. The lowest BCUT2D eigenvalue weighted by Gasteiger charge is -2.02. The Morgan fingerprint density at radius 1 is 1.40 bits per heavy atom. The average Bonchev–Trinajstić information content (AvgIpc) is 2.47. The molecule has 1 aromatic heterocycles. The third-order valence-electron chi connectivity index (χ3n) is 1.98. The minimum absolute atomic E-state index is 0.00602. The molecule has 0 spiro atoms. The Labute approximate surface area is 94.6 Å². The number of unbranched alkanes of at least 4 members (excludes halogenated alkanes) is 2. The maximum Gasteiger partial charge on any atom is 0.436 e. The highest BCUT2D eigenvalue weighted by atomic mass is 79.9. The maximum atomic E-state index is 12.3. The molecule has 0 aliphatic carbocycles. The van der Waals surface area contributed by atoms with Crippen LogP contribution in [0.1, 0.15) is 31.9 Å². The standard InChI is InChI=1S/C9H12BrF3N2/c1-2-3-4-5-15-6-7(10)8(14-15)9(11,12)13/h6H,2-5H2,1H3. The summed E-state index contributed by atoms with van der Waals surface area (Å²) in [5, 5.41) is 3.50. The Kier molecular flexibility index (Phi) is 4.19. The molecule has 1 rings (SSSR count). The van der Waals surface area contributed by atoms with Crippen LogP contribution in [0, 0.1) is 0 Å². The molecule has 0 aliphatic rings. The van der Waals surface area contributed by atoms with Gasteiger partial charge in [0.05, 0.1) is 4.47 Å². The quantitative estimate of drug-likeness (QED) is 0.768. The molecule has 0 fully saturated rings. The van der Waals surface area contributed by atoms with Crippen molar-refractivity contribution < 1.29 is 13.2 Å². The van der Waals surface area contributed by atoms with Crippen LogP contribution in [0.2, 0.25) is 0 Å². The Balaban J connectivity index is 2.69. The van der Waals surface area contributed by atoms with E-state index in [4.69, 9.17) is 0 Å². The molecule has 86 valence electrons. The molecule has 0 saturated heterocycles. The van der Waals surface area contributed by atoms with E-state index in [0.717, 1.165) is 19.3 Å². The van der Waals surface area contributed by atoms with E-state index in [-0.39, 0.29) is 4.47 Å². The van der Waals surface area contributed by atoms with E-state index in [9.17, 15) is 13.2 Å². The van der Waals surface area contributed by atoms with E-state index in [1.807, 2.05) is 6.92 Å². The smallest absolute Gasteiger partial charge is 0.271 e. The summed E-state index contributed by atoms with van der Waals surface area (Å²) in [4.78, 5) is 0. The van der Waals surface area contributed by atoms with Gasteiger partial charge in [0.1, 0.15) is 0 Å². The molecule has 0 radical (unpaired) electrons. The van der Waals surface area contributed by atoms with Crippen LogP contribution < -0.4 is 0 Å². The van der Waals surface area contributed by atoms with Gasteiger partial charge in [0.25, 0.3) is 0 Å². The first kappa shape index (κ1) is 12.5. The van der Waals surface area contributed by atoms with Crippen LogP contribution in [0.25, 0.3) is 0 Å². The van der Waals surface area contributed by atoms with Gasteiger partial charge in [-0.25, -0.2) is 0 Å². The molecule has 1 aromatic rings. The molecular weight excluding hydrogens is 273 g/mol. The van der Waals surface area contributed by atoms with E-state index in [1.54, 1.807) is 0 Å². The fourth-order valence-corrected chi connectivity index (χ4v) is 1.77. The van der Waals surface area contributed by atoms with Crippen molar-refractivity contribution in [3.05, 3.63) is 16.4 Å². The Hall–Kier alpha value is -0.520. The lowest BCUT2D eigenvalue weighted by atomic mass is 10.2. The topological polar surface area (TPSA) is 17.8 Å². The number of nitrogens with zero attached hydrogens (tertiary/aromatic N) is 2. The molecule has 2 nitrogen and oxygen atoms in total. The van der Waals surface area contributed by atoms with Gasteiger partial charge in [-0.15, -0.1) is 0 Å². The largest absolute Gasteiger partial charge is 0.436 e. The van der Waals surface area contributed by atoms with Crippen LogP contribution >= 0.6 is 15.9 Å². The molecule has 0 bridgehead atoms. The summed E-state index contributed by atoms with van der Waals surface area (Å²) in [6.07, 6.45) is -0.122. The predicted octanol–water partition coefficient (Wildman–Crippen LogP) is 3.85. The number of hydrogen-bond donors (Lipinski definition) is 0. The first-order valence-electron chi connectivity index (χ1n) is 4.75. The highest BCUT2D eigenvalue weighted by Gasteiger charge is 2.36. The zero-order valence-electron chi connectivity index (χ0n) is 8.31. The first-order valence-corrected chi connectivity index (χ1v) is 5.54. The number of hydrogen-bond acceptors (Lipinski definition) is 1. The molecule has 6 heteroatoms. The number of rotatable bonds is 4. The molecule has 0 N–H and O–H groups in total. The summed E-state index contributed by atoms with van der Waals surface area (Å²) in [6.45, 7) is 2.57. The van der Waals surface area contributed by atoms with Crippen molar-refractivity contribution in [3.63, 3.8) is 0 Å². The summed E-state index contributed by atoms with van der Waals surface area (Å²) >= 11 is 2.86. The molecule has 0 saturated carbocycles. The van der Waals surface area contributed by atoms with Crippen LogP contribution in [-0.4, -0.2) is 9.78 Å². The molecule has 0 aromatic carbocycles. The van der Waals surface area contributed by atoms with Gasteiger partial charge in [-0.3, -0.25) is 4.68 Å². The summed E-state index contributed by atoms with van der Waals surface area (Å²) in [5.74, 6) is 0. The molecule has 0 aliphatic heterocycles. The van der Waals surface area contributed by atoms with Gasteiger partial charge >= 0.3 is 6.18 Å². The van der Waals surface area contributed by atoms with Crippen LogP contribution in [0.15, 0.2) is 10.7 Å². The van der Waals surface area contributed by atoms with Crippen LogP contribution in [0.3, 0.4) is 0 Å². The zero-order chi connectivity index (χ0) is 11.5. The predicted molar refractivity (Wildman–Crippen MR) is 54.5 cm³/mol. The van der Waals surface area contributed by atoms with Gasteiger partial charge in [0.2, 0.25) is 0 Å². The van der Waals surface area contributed by atoms with Crippen molar-refractivity contribution >= 4 is 15.9 Å². The van der Waals surface area contributed by atoms with Crippen LogP contribution in [0.5, 0.6) is 0 Å². The van der Waals surface area contributed by atoms with Crippen molar-refractivity contribution in [1.82, 2.24) is 9.78 Å². The highest BCUT2D eigenvalue weighted by molar-refractivity contribution is 9.10. The highest BCUT2D eigenvalue weighted by Crippen LogP contribution is 2.33. The number of aromatic nitrogens is 2. The third-order valence-corrected chi connectivity index (χ3v) is 2.56. The van der Waals surface area contributed by atoms with E-state index < -0.39 is 11.9 Å². The normalized spacial score (nSPS) is 12.1. The van der Waals surface area contributed by atoms with Gasteiger partial charge in [0, 0.05) is 12.7 Å². The molecular formula is C9H12BrF3N2. The first-order chi connectivity index (χ1) is 6.95. The summed E-state index contributed by atoms with van der Waals surface area (Å²) in [5.41, 5.74) is -0.848. The van der Waals surface area contributed by atoms with Gasteiger partial charge in [-0.2, -0.15) is 18.3 Å². The van der Waals surface area contributed by atoms with E-state index >= 15 is 0 Å². The summed E-state index contributed by atoms with van der Waals surface area (Å²) < 4.78 is 38.4. The Morgan fingerprint density at radius 2 is 2.07 bits per heavy atom. The maximum absolute atomic E-state index is 12.3. The number of aryl methyl sites for hydroxylation is 1. The van der Waals surface area contributed by atoms with Crippen LogP contribution in [-0.2, 0) is 12.7 Å². The molecule has 0 unspecified atom stereocenters. The monoisotopic (exact) mass is 284 g/mol. The van der Waals surface area contributed by atoms with Gasteiger partial charge in [-0.1, -0.05) is 19.8 Å². The summed E-state index contributed by atoms with van der Waals surface area (Å²) in [6, 6.07) is 0. The average molecular weight is 285 g/mol. The number of halogens is 4. The second-order valence-electron chi connectivity index (χ2n) is 3.29. The molecule has 15 heavy (non-hydrogen) atoms. The zero-order valence-corrected chi connectivity index (χ0v) is 9.90. The fourth-order valence-electron chi connectivity index (χ4n) is 1.23. The number of alkyl halides is 3. The lowest BCUT2D eigenvalue weighted by molar-refractivity contribution is -0.142. The SMILES string of the molecule is CCCCCn1cc(Br)c(C(F)(F)F)n1. The molecule has 0 atom stereocenters. The molecule has 1 heterocycles. The van der Waals surface area contributed by atoms with E-state index in [1.165, 1.54) is 10.9 Å². The van der Waals surface area contributed by atoms with Crippen molar-refractivity contribution in [3.8, 4) is 0 Å². The minimum atomic E-state index is -4.38. The van der Waals surface area contributed by atoms with Gasteiger partial charge in [-0.05, 0) is 22.4 Å². The van der Waals surface area contributed by atoms with Crippen LogP contribution in [0.4, 0.5) is 13.2 Å². The van der Waals surface area contributed by atoms with Crippen molar-refractivity contribution in [1.29, 1.82) is 0 Å². The second-order valence-corrected chi connectivity index (χ2v) is 4.15. The fraction of sp³-hybridized carbons (Fsp3) is 0.667. The van der Waals surface area contributed by atoms with Gasteiger partial charge in [0.15, 0.2) is 5.69 Å². The summed E-state index contributed by atoms with van der Waals surface area (Å²) in [7, 11) is 0. The molecule has 0 amide bonds. The van der Waals surface area contributed by atoms with Crippen molar-refractivity contribution in [2.24, 2.45) is 0 Å². The lowest BCUT2D eigenvalue weighted by Crippen LogP contribution is -2.08. The van der Waals surface area contributed by atoms with E-state index in [2.05, 4.69) is 21.0 Å². The third kappa shape index (κ3) is 3.52. The van der Waals surface area contributed by atoms with Crippen molar-refractivity contribution in [2.45, 2.75) is 38.9 Å².